The van der Waals surface area contributed by atoms with Crippen LogP contribution in [0.25, 0.3) is 11.0 Å². The number of carbonyl (C=O) groups is 1. The molecule has 34 heavy (non-hydrogen) atoms. The molecule has 5 heteroatoms. The summed E-state index contributed by atoms with van der Waals surface area (Å²) in [7, 11) is 0. The molecule has 0 spiro atoms. The van der Waals surface area contributed by atoms with Crippen LogP contribution in [0.15, 0.2) is 48.5 Å². The Balaban J connectivity index is 1.54. The van der Waals surface area contributed by atoms with Crippen LogP contribution in [0.2, 0.25) is 0 Å². The molecule has 0 fully saturated rings. The highest BCUT2D eigenvalue weighted by Crippen LogP contribution is 2.24. The van der Waals surface area contributed by atoms with E-state index >= 15 is 0 Å². The Kier molecular flexibility index (Phi) is 9.14. The molecule has 184 valence electrons. The highest BCUT2D eigenvalue weighted by atomic mass is 16.5. The van der Waals surface area contributed by atoms with E-state index in [1.165, 1.54) is 5.56 Å². The maximum Gasteiger partial charge on any atom is 0.223 e. The Hall–Kier alpha value is -2.82. The fourth-order valence-corrected chi connectivity index (χ4v) is 4.29. The van der Waals surface area contributed by atoms with Crippen LogP contribution in [0.5, 0.6) is 5.75 Å². The van der Waals surface area contributed by atoms with Gasteiger partial charge in [0.15, 0.2) is 0 Å². The lowest BCUT2D eigenvalue weighted by molar-refractivity contribution is -0.125. The molecule has 1 N–H and O–H groups in total. The quantitative estimate of drug-likeness (QED) is 0.321. The first-order valence-electron chi connectivity index (χ1n) is 12.8. The number of carbonyl (C=O) groups excluding carboxylic acids is 1. The maximum atomic E-state index is 12.2. The molecule has 0 saturated carbocycles. The van der Waals surface area contributed by atoms with Crippen molar-refractivity contribution in [1.29, 1.82) is 0 Å². The third kappa shape index (κ3) is 6.85. The number of para-hydroxylation sites is 2. The lowest BCUT2D eigenvalue weighted by atomic mass is 9.87. The highest BCUT2D eigenvalue weighted by molar-refractivity contribution is 5.78. The molecule has 5 nitrogen and oxygen atoms in total. The zero-order chi connectivity index (χ0) is 24.6. The van der Waals surface area contributed by atoms with Gasteiger partial charge in [-0.25, -0.2) is 4.98 Å². The Morgan fingerprint density at radius 3 is 2.41 bits per heavy atom. The first-order chi connectivity index (χ1) is 16.3. The van der Waals surface area contributed by atoms with Gasteiger partial charge in [0, 0.05) is 25.4 Å². The van der Waals surface area contributed by atoms with Gasteiger partial charge in [-0.05, 0) is 60.9 Å². The molecule has 0 aliphatic carbocycles. The molecule has 2 aromatic carbocycles. The molecule has 0 unspecified atom stereocenters. The van der Waals surface area contributed by atoms with Crippen molar-refractivity contribution in [2.75, 3.05) is 13.2 Å². The number of imidazole rings is 1. The van der Waals surface area contributed by atoms with Gasteiger partial charge in [0.2, 0.25) is 5.91 Å². The Bertz CT molecular complexity index is 1040. The average molecular weight is 464 g/mol. The van der Waals surface area contributed by atoms with Crippen LogP contribution >= 0.6 is 0 Å². The van der Waals surface area contributed by atoms with Crippen LogP contribution < -0.4 is 10.1 Å². The summed E-state index contributed by atoms with van der Waals surface area (Å²) in [5.74, 6) is 2.28. The summed E-state index contributed by atoms with van der Waals surface area (Å²) in [4.78, 5) is 17.1. The van der Waals surface area contributed by atoms with E-state index in [2.05, 4.69) is 87.0 Å². The molecule has 0 radical (unpaired) electrons. The van der Waals surface area contributed by atoms with E-state index in [1.54, 1.807) is 0 Å². The first kappa shape index (κ1) is 25.8. The van der Waals surface area contributed by atoms with E-state index in [0.717, 1.165) is 61.3 Å². The summed E-state index contributed by atoms with van der Waals surface area (Å²) >= 11 is 0. The average Bonchev–Trinajstić information content (AvgIpc) is 3.17. The molecule has 0 aliphatic rings. The number of aryl methyl sites for hydroxylation is 2. The number of benzene rings is 2. The molecule has 3 rings (SSSR count). The van der Waals surface area contributed by atoms with Crippen LogP contribution in [0.4, 0.5) is 0 Å². The third-order valence-corrected chi connectivity index (χ3v) is 6.48. The van der Waals surface area contributed by atoms with Crippen LogP contribution in [0.1, 0.15) is 71.7 Å². The van der Waals surface area contributed by atoms with Gasteiger partial charge in [0.05, 0.1) is 17.6 Å². The van der Waals surface area contributed by atoms with E-state index in [-0.39, 0.29) is 17.2 Å². The maximum absolute atomic E-state index is 12.2. The van der Waals surface area contributed by atoms with Crippen molar-refractivity contribution in [2.45, 2.75) is 78.7 Å². The topological polar surface area (TPSA) is 56.2 Å². The number of nitrogens with one attached hydrogen (secondary N) is 1. The van der Waals surface area contributed by atoms with Gasteiger partial charge in [-0.3, -0.25) is 4.79 Å². The number of rotatable bonds is 12. The summed E-state index contributed by atoms with van der Waals surface area (Å²) in [5.41, 5.74) is 3.64. The van der Waals surface area contributed by atoms with Crippen LogP contribution in [0.3, 0.4) is 0 Å². The monoisotopic (exact) mass is 463 g/mol. The van der Waals surface area contributed by atoms with Crippen LogP contribution in [0, 0.1) is 5.92 Å². The smallest absolute Gasteiger partial charge is 0.223 e. The molecule has 0 aliphatic heterocycles. The number of aromatic nitrogens is 2. The van der Waals surface area contributed by atoms with Crippen molar-refractivity contribution in [3.63, 3.8) is 0 Å². The number of ether oxygens (including phenoxy) is 1. The standard InChI is InChI=1S/C29H41N3O2/c1-6-22(7-2)28(33)30-19-10-14-27-31-25-12-8-9-13-26(25)32(27)20-11-21-34-24-17-15-23(16-18-24)29(3,4)5/h8-9,12-13,15-18,22H,6-7,10-11,14,19-21H2,1-5H3,(H,30,33). The fraction of sp³-hybridized carbons (Fsp3) is 0.517. The molecular weight excluding hydrogens is 422 g/mol. The van der Waals surface area contributed by atoms with E-state index in [1.807, 2.05) is 6.07 Å². The van der Waals surface area contributed by atoms with Crippen molar-refractivity contribution < 1.29 is 9.53 Å². The van der Waals surface area contributed by atoms with E-state index in [9.17, 15) is 4.79 Å². The predicted octanol–water partition coefficient (Wildman–Crippen LogP) is 6.29. The van der Waals surface area contributed by atoms with Crippen molar-refractivity contribution in [3.05, 3.63) is 59.9 Å². The summed E-state index contributed by atoms with van der Waals surface area (Å²) in [6.07, 6.45) is 4.40. The summed E-state index contributed by atoms with van der Waals surface area (Å²) < 4.78 is 8.32. The second-order valence-electron chi connectivity index (χ2n) is 10.1. The minimum absolute atomic E-state index is 0.120. The fourth-order valence-electron chi connectivity index (χ4n) is 4.29. The number of fused-ring (bicyclic) bond motifs is 1. The summed E-state index contributed by atoms with van der Waals surface area (Å²) in [6.45, 7) is 13.0. The van der Waals surface area contributed by atoms with Crippen molar-refractivity contribution in [2.24, 2.45) is 5.92 Å². The number of hydrogen-bond donors (Lipinski definition) is 1. The van der Waals surface area contributed by atoms with Crippen LogP contribution in [-0.4, -0.2) is 28.6 Å². The highest BCUT2D eigenvalue weighted by Gasteiger charge is 2.15. The predicted molar refractivity (Wildman–Crippen MR) is 140 cm³/mol. The van der Waals surface area contributed by atoms with Crippen molar-refractivity contribution in [1.82, 2.24) is 14.9 Å². The van der Waals surface area contributed by atoms with E-state index in [4.69, 9.17) is 9.72 Å². The normalized spacial score (nSPS) is 11.8. The van der Waals surface area contributed by atoms with Gasteiger partial charge >= 0.3 is 0 Å². The minimum atomic E-state index is 0.120. The third-order valence-electron chi connectivity index (χ3n) is 6.48. The molecule has 0 bridgehead atoms. The van der Waals surface area contributed by atoms with Crippen LogP contribution in [-0.2, 0) is 23.2 Å². The van der Waals surface area contributed by atoms with Crippen molar-refractivity contribution >= 4 is 16.9 Å². The van der Waals surface area contributed by atoms with Gasteiger partial charge in [-0.2, -0.15) is 0 Å². The second kappa shape index (κ2) is 12.0. The van der Waals surface area contributed by atoms with E-state index in [0.29, 0.717) is 13.2 Å². The number of amides is 1. The van der Waals surface area contributed by atoms with E-state index < -0.39 is 0 Å². The molecule has 1 aromatic heterocycles. The second-order valence-corrected chi connectivity index (χ2v) is 10.1. The SMILES string of the molecule is CCC(CC)C(=O)NCCCc1nc2ccccc2n1CCCOc1ccc(C(C)(C)C)cc1. The van der Waals surface area contributed by atoms with Gasteiger partial charge < -0.3 is 14.6 Å². The number of hydrogen-bond acceptors (Lipinski definition) is 3. The Morgan fingerprint density at radius 1 is 1.03 bits per heavy atom. The molecule has 0 saturated heterocycles. The Labute approximate surface area is 204 Å². The largest absolute Gasteiger partial charge is 0.494 e. The lowest BCUT2D eigenvalue weighted by Crippen LogP contribution is -2.31. The van der Waals surface area contributed by atoms with Crippen molar-refractivity contribution in [3.8, 4) is 5.75 Å². The summed E-state index contributed by atoms with van der Waals surface area (Å²) in [6, 6.07) is 16.7. The Morgan fingerprint density at radius 2 is 1.74 bits per heavy atom. The van der Waals surface area contributed by atoms with Gasteiger partial charge in [0.25, 0.3) is 0 Å². The molecule has 1 heterocycles. The van der Waals surface area contributed by atoms with Gasteiger partial charge in [0.1, 0.15) is 11.6 Å². The number of nitrogens with zero attached hydrogens (tertiary/aromatic N) is 2. The molecule has 0 atom stereocenters. The molecule has 3 aromatic rings. The summed E-state index contributed by atoms with van der Waals surface area (Å²) in [5, 5.41) is 3.10. The van der Waals surface area contributed by atoms with Gasteiger partial charge in [-0.1, -0.05) is 58.9 Å². The minimum Gasteiger partial charge on any atom is -0.494 e. The zero-order valence-corrected chi connectivity index (χ0v) is 21.6. The van der Waals surface area contributed by atoms with Gasteiger partial charge in [-0.15, -0.1) is 0 Å². The lowest BCUT2D eigenvalue weighted by Gasteiger charge is -2.19. The molecular formula is C29H41N3O2. The molecule has 1 amide bonds. The zero-order valence-electron chi connectivity index (χ0n) is 21.6. The first-order valence-corrected chi connectivity index (χ1v) is 12.8.